The summed E-state index contributed by atoms with van der Waals surface area (Å²) in [4.78, 5) is 4.33. The van der Waals surface area contributed by atoms with Crippen LogP contribution in [0.3, 0.4) is 0 Å². The third-order valence-corrected chi connectivity index (χ3v) is 5.26. The Labute approximate surface area is 138 Å². The number of oxazole rings is 1. The maximum absolute atomic E-state index is 12.6. The molecule has 1 aliphatic heterocycles. The van der Waals surface area contributed by atoms with E-state index in [2.05, 4.69) is 14.8 Å². The van der Waals surface area contributed by atoms with Gasteiger partial charge in [0.15, 0.2) is 11.5 Å². The fraction of sp³-hybridized carbons (Fsp3) is 0.333. The van der Waals surface area contributed by atoms with Gasteiger partial charge in [0, 0.05) is 19.7 Å². The van der Waals surface area contributed by atoms with Gasteiger partial charge in [-0.2, -0.15) is 5.10 Å². The lowest BCUT2D eigenvalue weighted by Crippen LogP contribution is -2.13. The van der Waals surface area contributed by atoms with Gasteiger partial charge in [0.25, 0.3) is 10.0 Å². The molecule has 0 saturated carbocycles. The Balaban J connectivity index is 1.65. The van der Waals surface area contributed by atoms with Crippen LogP contribution in [0.1, 0.15) is 18.4 Å². The summed E-state index contributed by atoms with van der Waals surface area (Å²) in [6.45, 7) is 2.93. The lowest BCUT2D eigenvalue weighted by atomic mass is 10.3. The predicted molar refractivity (Wildman–Crippen MR) is 86.3 cm³/mol. The lowest BCUT2D eigenvalue weighted by molar-refractivity contribution is 0.184. The van der Waals surface area contributed by atoms with Gasteiger partial charge >= 0.3 is 0 Å². The number of fused-ring (bicyclic) bond motifs is 1. The Hall–Kier alpha value is -2.39. The van der Waals surface area contributed by atoms with Crippen molar-refractivity contribution in [1.82, 2.24) is 14.8 Å². The van der Waals surface area contributed by atoms with Crippen LogP contribution in [-0.2, 0) is 14.8 Å². The largest absolute Gasteiger partial charge is 0.441 e. The number of anilines is 1. The lowest BCUT2D eigenvalue weighted by Gasteiger charge is -2.08. The number of para-hydroxylation sites is 1. The molecule has 4 rings (SSSR count). The van der Waals surface area contributed by atoms with E-state index >= 15 is 0 Å². The summed E-state index contributed by atoms with van der Waals surface area (Å²) in [6.07, 6.45) is 3.69. The molecule has 8 nitrogen and oxygen atoms in total. The molecule has 1 saturated heterocycles. The Morgan fingerprint density at radius 1 is 1.38 bits per heavy atom. The van der Waals surface area contributed by atoms with Gasteiger partial charge in [-0.3, -0.25) is 9.40 Å². The number of rotatable bonds is 4. The Morgan fingerprint density at radius 2 is 2.25 bits per heavy atom. The maximum atomic E-state index is 12.6. The summed E-state index contributed by atoms with van der Waals surface area (Å²) in [5, 5.41) is 4.16. The van der Waals surface area contributed by atoms with E-state index in [-0.39, 0.29) is 10.9 Å². The minimum atomic E-state index is -3.76. The second-order valence-electron chi connectivity index (χ2n) is 5.66. The molecule has 24 heavy (non-hydrogen) atoms. The topological polar surface area (TPSA) is 99.2 Å². The summed E-state index contributed by atoms with van der Waals surface area (Å²) in [6, 6.07) is 5.18. The van der Waals surface area contributed by atoms with Crippen molar-refractivity contribution < 1.29 is 17.6 Å². The van der Waals surface area contributed by atoms with Crippen molar-refractivity contribution in [3.8, 4) is 0 Å². The van der Waals surface area contributed by atoms with Gasteiger partial charge < -0.3 is 9.15 Å². The van der Waals surface area contributed by atoms with Gasteiger partial charge in [0.05, 0.1) is 24.5 Å². The van der Waals surface area contributed by atoms with Crippen LogP contribution in [0, 0.1) is 6.92 Å². The molecule has 0 spiro atoms. The molecule has 1 N–H and O–H groups in total. The number of benzene rings is 1. The van der Waals surface area contributed by atoms with Crippen LogP contribution in [0.25, 0.3) is 11.1 Å². The van der Waals surface area contributed by atoms with Crippen LogP contribution < -0.4 is 4.72 Å². The molecule has 3 aromatic rings. The van der Waals surface area contributed by atoms with Crippen LogP contribution >= 0.6 is 0 Å². The molecule has 1 aliphatic rings. The number of nitrogens with zero attached hydrogens (tertiary/aromatic N) is 3. The average Bonchev–Trinajstić information content (AvgIpc) is 3.26. The van der Waals surface area contributed by atoms with E-state index < -0.39 is 10.0 Å². The SMILES string of the molecule is Cc1nc2c(NS(=O)(=O)c3cnn([C@H]4CCOC4)c3)cccc2o1. The van der Waals surface area contributed by atoms with E-state index in [9.17, 15) is 8.42 Å². The van der Waals surface area contributed by atoms with Crippen LogP contribution in [0.2, 0.25) is 0 Å². The number of aryl methyl sites for hydroxylation is 1. The van der Waals surface area contributed by atoms with Crippen molar-refractivity contribution >= 4 is 26.8 Å². The predicted octanol–water partition coefficient (Wildman–Crippen LogP) is 2.09. The molecule has 1 atom stereocenters. The first-order chi connectivity index (χ1) is 11.5. The first-order valence-electron chi connectivity index (χ1n) is 7.54. The van der Waals surface area contributed by atoms with E-state index in [1.807, 2.05) is 0 Å². The van der Waals surface area contributed by atoms with E-state index in [1.54, 1.807) is 29.8 Å². The maximum Gasteiger partial charge on any atom is 0.265 e. The minimum Gasteiger partial charge on any atom is -0.441 e. The van der Waals surface area contributed by atoms with E-state index in [0.29, 0.717) is 35.9 Å². The highest BCUT2D eigenvalue weighted by molar-refractivity contribution is 7.92. The van der Waals surface area contributed by atoms with Crippen molar-refractivity contribution in [3.63, 3.8) is 0 Å². The Bertz CT molecular complexity index is 986. The second-order valence-corrected chi connectivity index (χ2v) is 7.35. The minimum absolute atomic E-state index is 0.0792. The fourth-order valence-corrected chi connectivity index (χ4v) is 3.74. The summed E-state index contributed by atoms with van der Waals surface area (Å²) in [5.41, 5.74) is 1.39. The van der Waals surface area contributed by atoms with Crippen LogP contribution in [0.4, 0.5) is 5.69 Å². The quantitative estimate of drug-likeness (QED) is 0.775. The second kappa shape index (κ2) is 5.60. The average molecular weight is 348 g/mol. The van der Waals surface area contributed by atoms with Crippen molar-refractivity contribution in [2.24, 2.45) is 0 Å². The molecule has 9 heteroatoms. The number of aromatic nitrogens is 3. The zero-order valence-corrected chi connectivity index (χ0v) is 13.8. The number of sulfonamides is 1. The molecule has 1 aromatic carbocycles. The Morgan fingerprint density at radius 3 is 3.04 bits per heavy atom. The van der Waals surface area contributed by atoms with Crippen molar-refractivity contribution in [2.75, 3.05) is 17.9 Å². The van der Waals surface area contributed by atoms with Gasteiger partial charge in [-0.1, -0.05) is 6.07 Å². The van der Waals surface area contributed by atoms with Crippen LogP contribution in [-0.4, -0.2) is 36.4 Å². The van der Waals surface area contributed by atoms with Gasteiger partial charge in [-0.15, -0.1) is 0 Å². The monoisotopic (exact) mass is 348 g/mol. The zero-order chi connectivity index (χ0) is 16.7. The van der Waals surface area contributed by atoms with Crippen molar-refractivity contribution in [2.45, 2.75) is 24.3 Å². The highest BCUT2D eigenvalue weighted by Gasteiger charge is 2.23. The van der Waals surface area contributed by atoms with Gasteiger partial charge in [-0.05, 0) is 18.6 Å². The van der Waals surface area contributed by atoms with Gasteiger partial charge in [0.1, 0.15) is 10.4 Å². The number of nitrogens with one attached hydrogen (secondary N) is 1. The summed E-state index contributed by atoms with van der Waals surface area (Å²) >= 11 is 0. The van der Waals surface area contributed by atoms with Crippen molar-refractivity contribution in [3.05, 3.63) is 36.5 Å². The van der Waals surface area contributed by atoms with Crippen LogP contribution in [0.15, 0.2) is 39.9 Å². The van der Waals surface area contributed by atoms with Gasteiger partial charge in [0.2, 0.25) is 0 Å². The number of ether oxygens (including phenoxy) is 1. The zero-order valence-electron chi connectivity index (χ0n) is 13.0. The third kappa shape index (κ3) is 2.65. The molecular formula is C15H16N4O4S. The molecule has 126 valence electrons. The first kappa shape index (κ1) is 15.2. The summed E-state index contributed by atoms with van der Waals surface area (Å²) in [7, 11) is -3.76. The summed E-state index contributed by atoms with van der Waals surface area (Å²) < 4.78 is 40.2. The third-order valence-electron chi connectivity index (χ3n) is 3.94. The van der Waals surface area contributed by atoms with E-state index in [0.717, 1.165) is 6.42 Å². The Kier molecular flexibility index (Phi) is 3.54. The first-order valence-corrected chi connectivity index (χ1v) is 9.02. The molecule has 0 aliphatic carbocycles. The molecular weight excluding hydrogens is 332 g/mol. The number of hydrogen-bond acceptors (Lipinski definition) is 6. The molecule has 0 amide bonds. The normalized spacial score (nSPS) is 18.3. The van der Waals surface area contributed by atoms with Gasteiger partial charge in [-0.25, -0.2) is 13.4 Å². The van der Waals surface area contributed by atoms with Crippen LogP contribution in [0.5, 0.6) is 0 Å². The van der Waals surface area contributed by atoms with Crippen molar-refractivity contribution in [1.29, 1.82) is 0 Å². The molecule has 2 aromatic heterocycles. The highest BCUT2D eigenvalue weighted by Crippen LogP contribution is 2.26. The standard InChI is InChI=1S/C15H16N4O4S/c1-10-17-15-13(3-2-4-14(15)23-10)18-24(20,21)12-7-16-19(8-12)11-5-6-22-9-11/h2-4,7-8,11,18H,5-6,9H2,1H3/t11-/m0/s1. The van der Waals surface area contributed by atoms with E-state index in [4.69, 9.17) is 9.15 Å². The molecule has 1 fully saturated rings. The molecule has 0 bridgehead atoms. The summed E-state index contributed by atoms with van der Waals surface area (Å²) in [5.74, 6) is 0.478. The smallest absolute Gasteiger partial charge is 0.265 e. The molecule has 0 unspecified atom stereocenters. The molecule has 3 heterocycles. The molecule has 0 radical (unpaired) electrons. The fourth-order valence-electron chi connectivity index (χ4n) is 2.74. The highest BCUT2D eigenvalue weighted by atomic mass is 32.2. The number of hydrogen-bond donors (Lipinski definition) is 1. The van der Waals surface area contributed by atoms with E-state index in [1.165, 1.54) is 12.4 Å².